The van der Waals surface area contributed by atoms with Crippen molar-refractivity contribution >= 4 is 34.0 Å². The van der Waals surface area contributed by atoms with Gasteiger partial charge in [0.1, 0.15) is 5.01 Å². The average molecular weight is 336 g/mol. The lowest BCUT2D eigenvalue weighted by atomic mass is 9.95. The number of hydrogen-bond donors (Lipinski definition) is 1. The van der Waals surface area contributed by atoms with Gasteiger partial charge in [0.15, 0.2) is 0 Å². The SMILES string of the molecule is CC(C)Cc1nnc(NC(=O)C2(c3ccccc3Cl)CC2)s1. The van der Waals surface area contributed by atoms with Crippen LogP contribution in [0, 0.1) is 5.92 Å². The highest BCUT2D eigenvalue weighted by Gasteiger charge is 2.52. The fourth-order valence-electron chi connectivity index (χ4n) is 2.55. The number of aromatic nitrogens is 2. The molecule has 0 spiro atoms. The standard InChI is InChI=1S/C16H18ClN3OS/c1-10(2)9-13-19-20-15(22-13)18-14(21)16(7-8-16)11-5-3-4-6-12(11)17/h3-6,10H,7-9H2,1-2H3,(H,18,20,21). The van der Waals surface area contributed by atoms with Crippen LogP contribution in [-0.2, 0) is 16.6 Å². The third-order valence-corrected chi connectivity index (χ3v) is 5.03. The molecule has 0 bridgehead atoms. The van der Waals surface area contributed by atoms with Gasteiger partial charge in [-0.3, -0.25) is 10.1 Å². The summed E-state index contributed by atoms with van der Waals surface area (Å²) in [6.45, 7) is 4.27. The van der Waals surface area contributed by atoms with Gasteiger partial charge in [-0.25, -0.2) is 0 Å². The Labute approximate surface area is 138 Å². The van der Waals surface area contributed by atoms with E-state index in [4.69, 9.17) is 11.6 Å². The number of nitrogens with one attached hydrogen (secondary N) is 1. The number of anilines is 1. The Morgan fingerprint density at radius 2 is 2.09 bits per heavy atom. The fraction of sp³-hybridized carbons (Fsp3) is 0.438. The molecule has 1 aromatic heterocycles. The van der Waals surface area contributed by atoms with Gasteiger partial charge in [-0.1, -0.05) is 55.0 Å². The summed E-state index contributed by atoms with van der Waals surface area (Å²) in [5.74, 6) is 0.488. The zero-order valence-corrected chi connectivity index (χ0v) is 14.2. The van der Waals surface area contributed by atoms with Crippen molar-refractivity contribution in [1.82, 2.24) is 10.2 Å². The van der Waals surface area contributed by atoms with E-state index in [0.29, 0.717) is 16.1 Å². The lowest BCUT2D eigenvalue weighted by molar-refractivity contribution is -0.118. The highest BCUT2D eigenvalue weighted by Crippen LogP contribution is 2.51. The second-order valence-electron chi connectivity index (χ2n) is 6.12. The molecule has 116 valence electrons. The molecular formula is C16H18ClN3OS. The van der Waals surface area contributed by atoms with Crippen LogP contribution in [0.15, 0.2) is 24.3 Å². The maximum atomic E-state index is 12.6. The molecule has 2 aromatic rings. The Kier molecular flexibility index (Phi) is 4.19. The van der Waals surface area contributed by atoms with Crippen molar-refractivity contribution in [1.29, 1.82) is 0 Å². The highest BCUT2D eigenvalue weighted by molar-refractivity contribution is 7.15. The zero-order valence-electron chi connectivity index (χ0n) is 12.6. The van der Waals surface area contributed by atoms with E-state index >= 15 is 0 Å². The second kappa shape index (κ2) is 5.97. The minimum atomic E-state index is -0.498. The van der Waals surface area contributed by atoms with Gasteiger partial charge >= 0.3 is 0 Å². The van der Waals surface area contributed by atoms with Gasteiger partial charge in [-0.05, 0) is 30.4 Å². The summed E-state index contributed by atoms with van der Waals surface area (Å²) in [6.07, 6.45) is 2.52. The van der Waals surface area contributed by atoms with Crippen molar-refractivity contribution in [2.24, 2.45) is 5.92 Å². The molecule has 0 saturated heterocycles. The molecule has 1 saturated carbocycles. The molecule has 0 aliphatic heterocycles. The fourth-order valence-corrected chi connectivity index (χ4v) is 3.81. The number of halogens is 1. The number of hydrogen-bond acceptors (Lipinski definition) is 4. The summed E-state index contributed by atoms with van der Waals surface area (Å²) in [4.78, 5) is 12.6. The largest absolute Gasteiger partial charge is 0.300 e. The summed E-state index contributed by atoms with van der Waals surface area (Å²) in [5, 5.41) is 13.3. The van der Waals surface area contributed by atoms with Crippen molar-refractivity contribution in [2.45, 2.75) is 38.5 Å². The van der Waals surface area contributed by atoms with Gasteiger partial charge in [0, 0.05) is 11.4 Å². The van der Waals surface area contributed by atoms with E-state index in [2.05, 4.69) is 29.4 Å². The van der Waals surface area contributed by atoms with Gasteiger partial charge in [-0.2, -0.15) is 0 Å². The molecule has 1 amide bonds. The lowest BCUT2D eigenvalue weighted by Gasteiger charge is -2.15. The van der Waals surface area contributed by atoms with E-state index in [9.17, 15) is 4.79 Å². The summed E-state index contributed by atoms with van der Waals surface area (Å²) < 4.78 is 0. The molecule has 1 aromatic carbocycles. The molecule has 1 heterocycles. The van der Waals surface area contributed by atoms with E-state index in [0.717, 1.165) is 29.8 Å². The van der Waals surface area contributed by atoms with Crippen LogP contribution < -0.4 is 5.32 Å². The molecule has 0 unspecified atom stereocenters. The number of benzene rings is 1. The topological polar surface area (TPSA) is 54.9 Å². The minimum Gasteiger partial charge on any atom is -0.300 e. The van der Waals surface area contributed by atoms with Gasteiger partial charge in [0.25, 0.3) is 0 Å². The molecule has 1 aliphatic carbocycles. The highest BCUT2D eigenvalue weighted by atomic mass is 35.5. The number of nitrogens with zero attached hydrogens (tertiary/aromatic N) is 2. The van der Waals surface area contributed by atoms with Crippen LogP contribution >= 0.6 is 22.9 Å². The summed E-state index contributed by atoms with van der Waals surface area (Å²) >= 11 is 7.70. The van der Waals surface area contributed by atoms with Crippen LogP contribution in [0.1, 0.15) is 37.3 Å². The van der Waals surface area contributed by atoms with E-state index in [1.54, 1.807) is 0 Å². The van der Waals surface area contributed by atoms with Crippen molar-refractivity contribution in [3.05, 3.63) is 39.9 Å². The van der Waals surface area contributed by atoms with Crippen LogP contribution in [0.4, 0.5) is 5.13 Å². The van der Waals surface area contributed by atoms with Gasteiger partial charge < -0.3 is 0 Å². The molecule has 0 atom stereocenters. The number of carbonyl (C=O) groups is 1. The quantitative estimate of drug-likeness (QED) is 0.896. The lowest BCUT2D eigenvalue weighted by Crippen LogP contribution is -2.28. The molecular weight excluding hydrogens is 318 g/mol. The molecule has 0 radical (unpaired) electrons. The summed E-state index contributed by atoms with van der Waals surface area (Å²) in [7, 11) is 0. The van der Waals surface area contributed by atoms with Crippen LogP contribution in [0.25, 0.3) is 0 Å². The van der Waals surface area contributed by atoms with E-state index in [-0.39, 0.29) is 5.91 Å². The molecule has 1 fully saturated rings. The number of amides is 1. The zero-order chi connectivity index (χ0) is 15.7. The van der Waals surface area contributed by atoms with Gasteiger partial charge in [0.05, 0.1) is 5.41 Å². The number of carbonyl (C=O) groups excluding carboxylic acids is 1. The van der Waals surface area contributed by atoms with Crippen molar-refractivity contribution in [3.63, 3.8) is 0 Å². The average Bonchev–Trinajstić information content (AvgIpc) is 3.16. The van der Waals surface area contributed by atoms with Crippen LogP contribution in [0.2, 0.25) is 5.02 Å². The Balaban J connectivity index is 1.75. The maximum Gasteiger partial charge on any atom is 0.236 e. The molecule has 1 N–H and O–H groups in total. The maximum absolute atomic E-state index is 12.6. The van der Waals surface area contributed by atoms with Gasteiger partial charge in [-0.15, -0.1) is 10.2 Å². The third kappa shape index (κ3) is 3.01. The predicted molar refractivity (Wildman–Crippen MR) is 89.4 cm³/mol. The Morgan fingerprint density at radius 1 is 1.36 bits per heavy atom. The Bertz CT molecular complexity index is 694. The first kappa shape index (κ1) is 15.4. The van der Waals surface area contributed by atoms with Crippen LogP contribution in [-0.4, -0.2) is 16.1 Å². The second-order valence-corrected chi connectivity index (χ2v) is 7.58. The molecule has 22 heavy (non-hydrogen) atoms. The summed E-state index contributed by atoms with van der Waals surface area (Å²) in [5.41, 5.74) is 0.406. The summed E-state index contributed by atoms with van der Waals surface area (Å²) in [6, 6.07) is 7.55. The molecule has 6 heteroatoms. The van der Waals surface area contributed by atoms with E-state index in [1.165, 1.54) is 11.3 Å². The monoisotopic (exact) mass is 335 g/mol. The van der Waals surface area contributed by atoms with Crippen molar-refractivity contribution in [2.75, 3.05) is 5.32 Å². The predicted octanol–water partition coefficient (Wildman–Crippen LogP) is 4.06. The molecule has 4 nitrogen and oxygen atoms in total. The van der Waals surface area contributed by atoms with Crippen LogP contribution in [0.5, 0.6) is 0 Å². The van der Waals surface area contributed by atoms with Crippen LogP contribution in [0.3, 0.4) is 0 Å². The minimum absolute atomic E-state index is 0.0344. The molecule has 1 aliphatic rings. The normalized spacial score (nSPS) is 15.8. The third-order valence-electron chi connectivity index (χ3n) is 3.84. The van der Waals surface area contributed by atoms with E-state index in [1.807, 2.05) is 24.3 Å². The Hall–Kier alpha value is -1.46. The number of rotatable bonds is 5. The van der Waals surface area contributed by atoms with Gasteiger partial charge in [0.2, 0.25) is 11.0 Å². The van der Waals surface area contributed by atoms with Crippen molar-refractivity contribution < 1.29 is 4.79 Å². The first-order chi connectivity index (χ1) is 10.5. The van der Waals surface area contributed by atoms with Crippen molar-refractivity contribution in [3.8, 4) is 0 Å². The molecule has 3 rings (SSSR count). The first-order valence-corrected chi connectivity index (χ1v) is 8.59. The Morgan fingerprint density at radius 3 is 2.73 bits per heavy atom. The smallest absolute Gasteiger partial charge is 0.236 e. The first-order valence-electron chi connectivity index (χ1n) is 7.40. The van der Waals surface area contributed by atoms with E-state index < -0.39 is 5.41 Å².